The zero-order chi connectivity index (χ0) is 15.6. The molecule has 0 spiro atoms. The number of carbonyl (C=O) groups excluding carboxylic acids is 3. The van der Waals surface area contributed by atoms with Crippen molar-refractivity contribution < 1.29 is 19.1 Å². The second-order valence-corrected chi connectivity index (χ2v) is 6.40. The van der Waals surface area contributed by atoms with Crippen molar-refractivity contribution in [2.24, 2.45) is 0 Å². The fourth-order valence-corrected chi connectivity index (χ4v) is 2.34. The highest BCUT2D eigenvalue weighted by Gasteiger charge is 2.41. The van der Waals surface area contributed by atoms with Crippen molar-refractivity contribution in [2.75, 3.05) is 6.61 Å². The van der Waals surface area contributed by atoms with E-state index in [1.165, 1.54) is 6.92 Å². The maximum Gasteiger partial charge on any atom is 0.330 e. The molecule has 0 fully saturated rings. The number of halogens is 1. The lowest BCUT2D eigenvalue weighted by atomic mass is 9.96. The lowest BCUT2D eigenvalue weighted by Gasteiger charge is -2.22. The van der Waals surface area contributed by atoms with Crippen LogP contribution in [0.5, 0.6) is 0 Å². The fraction of sp³-hybridized carbons (Fsp3) is 0.800. The molecule has 0 aliphatic carbocycles. The van der Waals surface area contributed by atoms with Crippen LogP contribution >= 0.6 is 15.9 Å². The maximum atomic E-state index is 11.8. The predicted molar refractivity (Wildman–Crippen MR) is 82.0 cm³/mol. The highest BCUT2D eigenvalue weighted by Crippen LogP contribution is 2.28. The van der Waals surface area contributed by atoms with Gasteiger partial charge in [0.25, 0.3) is 0 Å². The maximum absolute atomic E-state index is 11.8. The van der Waals surface area contributed by atoms with Gasteiger partial charge in [-0.05, 0) is 33.6 Å². The van der Waals surface area contributed by atoms with Crippen molar-refractivity contribution >= 4 is 33.5 Å². The van der Waals surface area contributed by atoms with Crippen LogP contribution in [-0.2, 0) is 19.1 Å². The first-order chi connectivity index (χ1) is 9.34. The summed E-state index contributed by atoms with van der Waals surface area (Å²) in [7, 11) is 0. The van der Waals surface area contributed by atoms with E-state index in [9.17, 15) is 14.4 Å². The SMILES string of the molecule is CCOC(=O)C(Br)(CCCCCCCC(C)=O)C(C)=O. The van der Waals surface area contributed by atoms with E-state index in [1.807, 2.05) is 0 Å². The number of Topliss-reactive ketones (excluding diaryl/α,β-unsaturated/α-hetero) is 2. The molecular weight excluding hydrogens is 324 g/mol. The number of rotatable bonds is 11. The van der Waals surface area contributed by atoms with Crippen molar-refractivity contribution in [3.05, 3.63) is 0 Å². The molecule has 1 unspecified atom stereocenters. The molecule has 1 atom stereocenters. The van der Waals surface area contributed by atoms with Crippen molar-refractivity contribution in [1.29, 1.82) is 0 Å². The van der Waals surface area contributed by atoms with Crippen LogP contribution in [-0.4, -0.2) is 28.5 Å². The van der Waals surface area contributed by atoms with Crippen molar-refractivity contribution in [1.82, 2.24) is 0 Å². The minimum Gasteiger partial charge on any atom is -0.465 e. The van der Waals surface area contributed by atoms with Gasteiger partial charge in [0.1, 0.15) is 5.78 Å². The van der Waals surface area contributed by atoms with Crippen molar-refractivity contribution in [3.63, 3.8) is 0 Å². The summed E-state index contributed by atoms with van der Waals surface area (Å²) in [5.41, 5.74) is 0. The minimum atomic E-state index is -1.19. The van der Waals surface area contributed by atoms with Gasteiger partial charge in [0.05, 0.1) is 6.61 Å². The smallest absolute Gasteiger partial charge is 0.330 e. The summed E-state index contributed by atoms with van der Waals surface area (Å²) in [6, 6.07) is 0. The Balaban J connectivity index is 4.02. The van der Waals surface area contributed by atoms with Gasteiger partial charge >= 0.3 is 5.97 Å². The first-order valence-corrected chi connectivity index (χ1v) is 8.00. The van der Waals surface area contributed by atoms with E-state index in [1.54, 1.807) is 13.8 Å². The molecule has 0 heterocycles. The lowest BCUT2D eigenvalue weighted by molar-refractivity contribution is -0.148. The van der Waals surface area contributed by atoms with Gasteiger partial charge in [-0.3, -0.25) is 9.59 Å². The molecule has 0 N–H and O–H groups in total. The molecule has 0 radical (unpaired) electrons. The Hall–Kier alpha value is -0.710. The number of hydrogen-bond acceptors (Lipinski definition) is 4. The summed E-state index contributed by atoms with van der Waals surface area (Å²) in [5.74, 6) is -0.486. The Bertz CT molecular complexity index is 341. The summed E-state index contributed by atoms with van der Waals surface area (Å²) in [6.07, 6.45) is 5.75. The Labute approximate surface area is 129 Å². The van der Waals surface area contributed by atoms with Crippen LogP contribution in [0.4, 0.5) is 0 Å². The Morgan fingerprint density at radius 2 is 1.55 bits per heavy atom. The normalized spacial score (nSPS) is 13.6. The molecule has 0 aromatic heterocycles. The summed E-state index contributed by atoms with van der Waals surface area (Å²) < 4.78 is 3.75. The molecule has 0 saturated carbocycles. The molecule has 0 bridgehead atoms. The molecule has 0 aliphatic rings. The molecule has 0 rings (SSSR count). The van der Waals surface area contributed by atoms with E-state index < -0.39 is 10.3 Å². The van der Waals surface area contributed by atoms with Crippen LogP contribution in [0.15, 0.2) is 0 Å². The van der Waals surface area contributed by atoms with Gasteiger partial charge in [0.15, 0.2) is 10.1 Å². The average Bonchev–Trinajstić information content (AvgIpc) is 2.36. The van der Waals surface area contributed by atoms with Gasteiger partial charge in [-0.1, -0.05) is 41.6 Å². The van der Waals surface area contributed by atoms with Crippen LogP contribution in [0.2, 0.25) is 0 Å². The van der Waals surface area contributed by atoms with Gasteiger partial charge in [-0.25, -0.2) is 0 Å². The second-order valence-electron chi connectivity index (χ2n) is 5.05. The standard InChI is InChI=1S/C15H25BrO4/c1-4-20-14(19)15(16,13(3)18)11-9-7-5-6-8-10-12(2)17/h4-11H2,1-3H3. The van der Waals surface area contributed by atoms with E-state index in [4.69, 9.17) is 4.74 Å². The Morgan fingerprint density at radius 3 is 2.05 bits per heavy atom. The number of hydrogen-bond donors (Lipinski definition) is 0. The first kappa shape index (κ1) is 19.3. The number of alkyl halides is 1. The third-order valence-corrected chi connectivity index (χ3v) is 4.49. The molecule has 4 nitrogen and oxygen atoms in total. The number of ketones is 2. The van der Waals surface area contributed by atoms with Gasteiger partial charge in [0, 0.05) is 6.42 Å². The van der Waals surface area contributed by atoms with E-state index >= 15 is 0 Å². The summed E-state index contributed by atoms with van der Waals surface area (Å²) in [5, 5.41) is 0. The quantitative estimate of drug-likeness (QED) is 0.248. The monoisotopic (exact) mass is 348 g/mol. The highest BCUT2D eigenvalue weighted by atomic mass is 79.9. The summed E-state index contributed by atoms with van der Waals surface area (Å²) in [4.78, 5) is 34.2. The van der Waals surface area contributed by atoms with Crippen LogP contribution in [0, 0.1) is 0 Å². The largest absolute Gasteiger partial charge is 0.465 e. The van der Waals surface area contributed by atoms with Crippen LogP contribution in [0.1, 0.15) is 65.7 Å². The molecule has 5 heteroatoms. The Kier molecular flexibility index (Phi) is 9.72. The third kappa shape index (κ3) is 7.17. The number of unbranched alkanes of at least 4 members (excludes halogenated alkanes) is 4. The molecule has 0 amide bonds. The molecule has 0 aliphatic heterocycles. The van der Waals surface area contributed by atoms with Crippen LogP contribution in [0.25, 0.3) is 0 Å². The average molecular weight is 349 g/mol. The third-order valence-electron chi connectivity index (χ3n) is 3.21. The molecule has 116 valence electrons. The number of carbonyl (C=O) groups is 3. The molecule has 0 aromatic carbocycles. The Morgan fingerprint density at radius 1 is 1.00 bits per heavy atom. The second kappa shape index (κ2) is 10.1. The predicted octanol–water partition coefficient (Wildman–Crippen LogP) is 3.59. The number of esters is 1. The first-order valence-electron chi connectivity index (χ1n) is 7.21. The van der Waals surface area contributed by atoms with Gasteiger partial charge in [0.2, 0.25) is 0 Å². The van der Waals surface area contributed by atoms with Gasteiger partial charge < -0.3 is 9.53 Å². The number of ether oxygens (including phenoxy) is 1. The van der Waals surface area contributed by atoms with E-state index in [-0.39, 0.29) is 18.2 Å². The summed E-state index contributed by atoms with van der Waals surface area (Å²) >= 11 is 3.25. The van der Waals surface area contributed by atoms with Crippen LogP contribution < -0.4 is 0 Å². The summed E-state index contributed by atoms with van der Waals surface area (Å²) in [6.45, 7) is 4.99. The molecule has 20 heavy (non-hydrogen) atoms. The van der Waals surface area contributed by atoms with Gasteiger partial charge in [-0.2, -0.15) is 0 Å². The van der Waals surface area contributed by atoms with Crippen molar-refractivity contribution in [3.8, 4) is 0 Å². The zero-order valence-corrected chi connectivity index (χ0v) is 14.3. The topological polar surface area (TPSA) is 60.4 Å². The van der Waals surface area contributed by atoms with Crippen LogP contribution in [0.3, 0.4) is 0 Å². The lowest BCUT2D eigenvalue weighted by Crippen LogP contribution is -2.40. The fourth-order valence-electron chi connectivity index (χ4n) is 1.94. The van der Waals surface area contributed by atoms with Gasteiger partial charge in [-0.15, -0.1) is 0 Å². The van der Waals surface area contributed by atoms with Crippen molar-refractivity contribution in [2.45, 2.75) is 70.0 Å². The van der Waals surface area contributed by atoms with E-state index in [2.05, 4.69) is 15.9 Å². The minimum absolute atomic E-state index is 0.215. The molecular formula is C15H25BrO4. The molecule has 0 saturated heterocycles. The van der Waals surface area contributed by atoms with E-state index in [0.29, 0.717) is 12.8 Å². The zero-order valence-electron chi connectivity index (χ0n) is 12.7. The molecule has 0 aromatic rings. The highest BCUT2D eigenvalue weighted by molar-refractivity contribution is 9.10. The van der Waals surface area contributed by atoms with E-state index in [0.717, 1.165) is 32.1 Å².